The second-order valence-electron chi connectivity index (χ2n) is 3.58. The molecule has 0 saturated carbocycles. The van der Waals surface area contributed by atoms with Crippen molar-refractivity contribution in [3.8, 4) is 0 Å². The van der Waals surface area contributed by atoms with Crippen molar-refractivity contribution in [1.29, 1.82) is 0 Å². The maximum atomic E-state index is 11.1. The Kier molecular flexibility index (Phi) is 1.03. The number of ether oxygens (including phenoxy) is 2. The van der Waals surface area contributed by atoms with Crippen LogP contribution in [0.2, 0.25) is 0 Å². The van der Waals surface area contributed by atoms with Gasteiger partial charge in [0, 0.05) is 0 Å². The Morgan fingerprint density at radius 3 is 2.00 bits per heavy atom. The van der Waals surface area contributed by atoms with E-state index in [4.69, 9.17) is 4.74 Å². The molecule has 0 N–H and O–H groups in total. The molecule has 3 saturated heterocycles. The summed E-state index contributed by atoms with van der Waals surface area (Å²) in [4.78, 5) is 22.3. The van der Waals surface area contributed by atoms with Gasteiger partial charge in [-0.1, -0.05) is 0 Å². The van der Waals surface area contributed by atoms with E-state index in [1.54, 1.807) is 0 Å². The van der Waals surface area contributed by atoms with Crippen LogP contribution in [-0.4, -0.2) is 24.1 Å². The average molecular weight is 168 g/mol. The van der Waals surface area contributed by atoms with Crippen molar-refractivity contribution in [2.24, 2.45) is 11.8 Å². The summed E-state index contributed by atoms with van der Waals surface area (Å²) in [5, 5.41) is 0. The Hall–Kier alpha value is -0.900. The Balaban J connectivity index is 2.03. The standard InChI is InChI=1S/C8H8O4/c9-7-5-3-1-2-4(11-3)6(5)8(10)12-7/h3-6H,1-2H2/t3?,4?,5-,6+. The van der Waals surface area contributed by atoms with Crippen LogP contribution in [0.5, 0.6) is 0 Å². The highest BCUT2D eigenvalue weighted by Crippen LogP contribution is 2.47. The van der Waals surface area contributed by atoms with Crippen LogP contribution in [0.3, 0.4) is 0 Å². The molecule has 0 radical (unpaired) electrons. The first-order valence-corrected chi connectivity index (χ1v) is 4.18. The Labute approximate surface area is 68.8 Å². The summed E-state index contributed by atoms with van der Waals surface area (Å²) in [5.41, 5.74) is 0. The van der Waals surface area contributed by atoms with E-state index in [0.717, 1.165) is 12.8 Å². The van der Waals surface area contributed by atoms with Crippen molar-refractivity contribution in [2.75, 3.05) is 0 Å². The fourth-order valence-corrected chi connectivity index (χ4v) is 2.51. The van der Waals surface area contributed by atoms with Crippen LogP contribution in [-0.2, 0) is 19.1 Å². The molecule has 3 heterocycles. The van der Waals surface area contributed by atoms with Crippen LogP contribution in [0.4, 0.5) is 0 Å². The van der Waals surface area contributed by atoms with E-state index in [1.807, 2.05) is 0 Å². The molecule has 64 valence electrons. The zero-order chi connectivity index (χ0) is 8.29. The lowest BCUT2D eigenvalue weighted by atomic mass is 9.81. The van der Waals surface area contributed by atoms with E-state index < -0.39 is 0 Å². The van der Waals surface area contributed by atoms with Crippen LogP contribution < -0.4 is 0 Å². The van der Waals surface area contributed by atoms with Crippen LogP contribution in [0.1, 0.15) is 12.8 Å². The molecule has 3 fully saturated rings. The van der Waals surface area contributed by atoms with Crippen molar-refractivity contribution in [3.63, 3.8) is 0 Å². The third-order valence-corrected chi connectivity index (χ3v) is 3.02. The lowest BCUT2D eigenvalue weighted by Gasteiger charge is -2.13. The third kappa shape index (κ3) is 0.579. The summed E-state index contributed by atoms with van der Waals surface area (Å²) in [6.45, 7) is 0. The normalized spacial score (nSPS) is 49.7. The zero-order valence-electron chi connectivity index (χ0n) is 6.36. The quantitative estimate of drug-likeness (QED) is 0.373. The summed E-state index contributed by atoms with van der Waals surface area (Å²) in [5.74, 6) is -1.32. The maximum Gasteiger partial charge on any atom is 0.320 e. The van der Waals surface area contributed by atoms with Gasteiger partial charge in [0.05, 0.1) is 24.0 Å². The molecule has 0 amide bonds. The van der Waals surface area contributed by atoms with Crippen LogP contribution in [0, 0.1) is 11.8 Å². The molecule has 0 aromatic rings. The van der Waals surface area contributed by atoms with E-state index in [1.165, 1.54) is 0 Å². The molecule has 4 atom stereocenters. The van der Waals surface area contributed by atoms with E-state index in [-0.39, 0.29) is 36.0 Å². The molecule has 2 unspecified atom stereocenters. The van der Waals surface area contributed by atoms with Gasteiger partial charge >= 0.3 is 11.9 Å². The number of carbonyl (C=O) groups excluding carboxylic acids is 2. The monoisotopic (exact) mass is 168 g/mol. The molecule has 3 aliphatic heterocycles. The van der Waals surface area contributed by atoms with Gasteiger partial charge in [0.1, 0.15) is 0 Å². The SMILES string of the molecule is O=C1OC(=O)[C@H]2C3CCC(O3)[C@@H]12. The highest BCUT2D eigenvalue weighted by Gasteiger charge is 2.61. The van der Waals surface area contributed by atoms with Crippen LogP contribution in [0.15, 0.2) is 0 Å². The number of hydrogen-bond acceptors (Lipinski definition) is 4. The third-order valence-electron chi connectivity index (χ3n) is 3.02. The summed E-state index contributed by atoms with van der Waals surface area (Å²) in [7, 11) is 0. The average Bonchev–Trinajstić information content (AvgIpc) is 2.64. The first kappa shape index (κ1) is 6.60. The van der Waals surface area contributed by atoms with Gasteiger partial charge in [-0.05, 0) is 12.8 Å². The van der Waals surface area contributed by atoms with Gasteiger partial charge in [-0.15, -0.1) is 0 Å². The van der Waals surface area contributed by atoms with Crippen LogP contribution >= 0.6 is 0 Å². The lowest BCUT2D eigenvalue weighted by molar-refractivity contribution is -0.156. The predicted molar refractivity (Wildman–Crippen MR) is 36.0 cm³/mol. The second-order valence-corrected chi connectivity index (χ2v) is 3.58. The largest absolute Gasteiger partial charge is 0.393 e. The highest BCUT2D eigenvalue weighted by atomic mass is 16.6. The van der Waals surface area contributed by atoms with Gasteiger partial charge in [-0.25, -0.2) is 0 Å². The van der Waals surface area contributed by atoms with E-state index in [9.17, 15) is 9.59 Å². The molecule has 2 bridgehead atoms. The molecule has 3 rings (SSSR count). The van der Waals surface area contributed by atoms with Gasteiger partial charge in [-0.3, -0.25) is 9.59 Å². The first-order chi connectivity index (χ1) is 5.77. The minimum absolute atomic E-state index is 0.0426. The van der Waals surface area contributed by atoms with Crippen molar-refractivity contribution >= 4 is 11.9 Å². The van der Waals surface area contributed by atoms with Gasteiger partial charge in [0.15, 0.2) is 0 Å². The molecule has 0 aromatic carbocycles. The molecule has 0 spiro atoms. The Bertz CT molecular complexity index is 246. The van der Waals surface area contributed by atoms with E-state index in [2.05, 4.69) is 4.74 Å². The fourth-order valence-electron chi connectivity index (χ4n) is 2.51. The number of esters is 2. The van der Waals surface area contributed by atoms with Crippen molar-refractivity contribution in [1.82, 2.24) is 0 Å². The number of hydrogen-bond donors (Lipinski definition) is 0. The molecule has 3 aliphatic rings. The van der Waals surface area contributed by atoms with E-state index >= 15 is 0 Å². The smallest absolute Gasteiger partial charge is 0.320 e. The minimum atomic E-state index is -0.378. The topological polar surface area (TPSA) is 52.6 Å². The molecule has 0 aliphatic carbocycles. The molecular weight excluding hydrogens is 160 g/mol. The zero-order valence-corrected chi connectivity index (χ0v) is 6.36. The Morgan fingerprint density at radius 1 is 1.00 bits per heavy atom. The summed E-state index contributed by atoms with van der Waals surface area (Å²) < 4.78 is 10.0. The van der Waals surface area contributed by atoms with Gasteiger partial charge in [0.25, 0.3) is 0 Å². The summed E-state index contributed by atoms with van der Waals surface area (Å²) in [6.07, 6.45) is 1.71. The van der Waals surface area contributed by atoms with Gasteiger partial charge < -0.3 is 9.47 Å². The van der Waals surface area contributed by atoms with Crippen molar-refractivity contribution in [2.45, 2.75) is 25.0 Å². The van der Waals surface area contributed by atoms with E-state index in [0.29, 0.717) is 0 Å². The number of cyclic esters (lactones) is 2. The molecular formula is C8H8O4. The lowest BCUT2D eigenvalue weighted by Crippen LogP contribution is -2.29. The van der Waals surface area contributed by atoms with Gasteiger partial charge in [0.2, 0.25) is 0 Å². The molecule has 4 heteroatoms. The summed E-state index contributed by atoms with van der Waals surface area (Å²) in [6, 6.07) is 0. The number of fused-ring (bicyclic) bond motifs is 5. The van der Waals surface area contributed by atoms with Gasteiger partial charge in [-0.2, -0.15) is 0 Å². The summed E-state index contributed by atoms with van der Waals surface area (Å²) >= 11 is 0. The van der Waals surface area contributed by atoms with Crippen LogP contribution in [0.25, 0.3) is 0 Å². The predicted octanol–water partition coefficient (Wildman–Crippen LogP) is -0.137. The number of rotatable bonds is 0. The Morgan fingerprint density at radius 2 is 1.50 bits per heavy atom. The molecule has 0 aromatic heterocycles. The second kappa shape index (κ2) is 1.88. The highest BCUT2D eigenvalue weighted by molar-refractivity contribution is 5.97. The van der Waals surface area contributed by atoms with Crippen molar-refractivity contribution < 1.29 is 19.1 Å². The fraction of sp³-hybridized carbons (Fsp3) is 0.750. The minimum Gasteiger partial charge on any atom is -0.393 e. The molecule has 4 nitrogen and oxygen atoms in total. The molecule has 12 heavy (non-hydrogen) atoms. The number of carbonyl (C=O) groups is 2. The first-order valence-electron chi connectivity index (χ1n) is 4.18. The van der Waals surface area contributed by atoms with Crippen molar-refractivity contribution in [3.05, 3.63) is 0 Å². The maximum absolute atomic E-state index is 11.1.